The number of thiophene rings is 1. The number of sulfone groups is 1. The van der Waals surface area contributed by atoms with Crippen LogP contribution in [0.25, 0.3) is 11.1 Å². The van der Waals surface area contributed by atoms with E-state index >= 15 is 0 Å². The summed E-state index contributed by atoms with van der Waals surface area (Å²) < 4.78 is 27.4. The van der Waals surface area contributed by atoms with Crippen molar-refractivity contribution in [2.24, 2.45) is 0 Å². The number of nitro groups is 1. The molecule has 0 aliphatic heterocycles. The van der Waals surface area contributed by atoms with Crippen molar-refractivity contribution in [2.75, 3.05) is 23.9 Å². The second-order valence-electron chi connectivity index (χ2n) is 6.16. The number of ether oxygens (including phenoxy) is 1. The Morgan fingerprint density at radius 1 is 1.24 bits per heavy atom. The first-order chi connectivity index (χ1) is 13.6. The van der Waals surface area contributed by atoms with Gasteiger partial charge in [-0.25, -0.2) is 13.2 Å². The summed E-state index contributed by atoms with van der Waals surface area (Å²) in [5, 5.41) is 15.4. The molecule has 1 N–H and O–H groups in total. The van der Waals surface area contributed by atoms with Crippen molar-refractivity contribution < 1.29 is 27.7 Å². The second-order valence-corrected chi connectivity index (χ2v) is 9.30. The van der Waals surface area contributed by atoms with Gasteiger partial charge in [-0.1, -0.05) is 0 Å². The summed E-state index contributed by atoms with van der Waals surface area (Å²) in [7, 11) is -3.16. The number of benzene rings is 1. The Kier molecular flexibility index (Phi) is 7.46. The molecule has 0 saturated heterocycles. The Morgan fingerprint density at radius 2 is 1.90 bits per heavy atom. The van der Waals surface area contributed by atoms with Crippen molar-refractivity contribution in [1.29, 1.82) is 0 Å². The average molecular weight is 440 g/mol. The predicted molar refractivity (Wildman–Crippen MR) is 110 cm³/mol. The van der Waals surface area contributed by atoms with Crippen LogP contribution in [0.15, 0.2) is 29.6 Å². The smallest absolute Gasteiger partial charge is 0.341 e. The number of nitrogens with one attached hydrogen (secondary N) is 1. The molecule has 2 aromatic rings. The van der Waals surface area contributed by atoms with Gasteiger partial charge in [-0.15, -0.1) is 11.3 Å². The van der Waals surface area contributed by atoms with Crippen molar-refractivity contribution in [1.82, 2.24) is 0 Å². The molecule has 156 valence electrons. The van der Waals surface area contributed by atoms with Crippen LogP contribution < -0.4 is 5.32 Å². The molecule has 9 nitrogen and oxygen atoms in total. The topological polar surface area (TPSA) is 133 Å². The van der Waals surface area contributed by atoms with E-state index in [0.29, 0.717) is 11.1 Å². The predicted octanol–water partition coefficient (Wildman–Crippen LogP) is 3.26. The van der Waals surface area contributed by atoms with E-state index in [2.05, 4.69) is 5.32 Å². The van der Waals surface area contributed by atoms with Gasteiger partial charge in [-0.05, 0) is 31.0 Å². The first-order valence-electron chi connectivity index (χ1n) is 8.63. The van der Waals surface area contributed by atoms with Crippen LogP contribution in [0.3, 0.4) is 0 Å². The van der Waals surface area contributed by atoms with Gasteiger partial charge < -0.3 is 10.1 Å². The van der Waals surface area contributed by atoms with Gasteiger partial charge in [0.2, 0.25) is 5.91 Å². The van der Waals surface area contributed by atoms with Gasteiger partial charge in [0.15, 0.2) is 0 Å². The molecule has 0 radical (unpaired) electrons. The molecule has 11 heteroatoms. The molecule has 0 saturated carbocycles. The van der Waals surface area contributed by atoms with E-state index in [1.54, 1.807) is 12.3 Å². The zero-order valence-corrected chi connectivity index (χ0v) is 17.5. The fourth-order valence-electron chi connectivity index (χ4n) is 2.52. The number of hydrogen-bond donors (Lipinski definition) is 1. The minimum Gasteiger partial charge on any atom is -0.462 e. The van der Waals surface area contributed by atoms with Crippen LogP contribution in [0.5, 0.6) is 0 Å². The molecule has 1 heterocycles. The van der Waals surface area contributed by atoms with Crippen LogP contribution in [0.2, 0.25) is 0 Å². The quantitative estimate of drug-likeness (QED) is 0.359. The van der Waals surface area contributed by atoms with Gasteiger partial charge >= 0.3 is 5.97 Å². The van der Waals surface area contributed by atoms with E-state index in [9.17, 15) is 28.1 Å². The molecular weight excluding hydrogens is 420 g/mol. The maximum Gasteiger partial charge on any atom is 0.341 e. The molecule has 0 spiro atoms. The van der Waals surface area contributed by atoms with Gasteiger partial charge in [0.1, 0.15) is 20.4 Å². The lowest BCUT2D eigenvalue weighted by Crippen LogP contribution is -2.15. The van der Waals surface area contributed by atoms with Crippen molar-refractivity contribution in [3.63, 3.8) is 0 Å². The number of amides is 1. The Bertz CT molecular complexity index is 1010. The van der Waals surface area contributed by atoms with Crippen LogP contribution in [-0.2, 0) is 19.4 Å². The van der Waals surface area contributed by atoms with Crippen LogP contribution in [0.4, 0.5) is 10.7 Å². The third kappa shape index (κ3) is 6.36. The van der Waals surface area contributed by atoms with E-state index in [1.807, 2.05) is 0 Å². The molecule has 1 amide bonds. The SMILES string of the molecule is CCOC(=O)c1c(-c2ccc([N+](=O)[O-])cc2)csc1NC(=O)CCCS(C)(=O)=O. The zero-order chi connectivity index (χ0) is 21.6. The van der Waals surface area contributed by atoms with Gasteiger partial charge in [-0.3, -0.25) is 14.9 Å². The Balaban J connectivity index is 2.27. The first-order valence-corrected chi connectivity index (χ1v) is 11.6. The number of anilines is 1. The monoisotopic (exact) mass is 440 g/mol. The summed E-state index contributed by atoms with van der Waals surface area (Å²) in [5.74, 6) is -1.16. The number of carbonyl (C=O) groups is 2. The van der Waals surface area contributed by atoms with Crippen molar-refractivity contribution >= 4 is 43.7 Å². The number of carbonyl (C=O) groups excluding carboxylic acids is 2. The molecule has 29 heavy (non-hydrogen) atoms. The van der Waals surface area contributed by atoms with Gasteiger partial charge in [0.05, 0.1) is 17.3 Å². The maximum atomic E-state index is 12.5. The van der Waals surface area contributed by atoms with Crippen molar-refractivity contribution in [3.05, 3.63) is 45.3 Å². The third-order valence-electron chi connectivity index (χ3n) is 3.83. The fourth-order valence-corrected chi connectivity index (χ4v) is 4.16. The molecule has 0 fully saturated rings. The van der Waals surface area contributed by atoms with Gasteiger partial charge in [0, 0.05) is 35.8 Å². The molecular formula is C18H20N2O7S2. The number of nitrogens with zero attached hydrogens (tertiary/aromatic N) is 1. The summed E-state index contributed by atoms with van der Waals surface area (Å²) in [4.78, 5) is 34.9. The number of non-ortho nitro benzene ring substituents is 1. The number of rotatable bonds is 9. The van der Waals surface area contributed by atoms with Gasteiger partial charge in [-0.2, -0.15) is 0 Å². The fraction of sp³-hybridized carbons (Fsp3) is 0.333. The molecule has 1 aromatic heterocycles. The normalized spacial score (nSPS) is 11.1. The molecule has 1 aromatic carbocycles. The summed E-state index contributed by atoms with van der Waals surface area (Å²) in [6.07, 6.45) is 1.25. The largest absolute Gasteiger partial charge is 0.462 e. The number of nitro benzene ring substituents is 1. The van der Waals surface area contributed by atoms with E-state index in [0.717, 1.165) is 17.6 Å². The highest BCUT2D eigenvalue weighted by molar-refractivity contribution is 7.90. The summed E-state index contributed by atoms with van der Waals surface area (Å²) in [5.41, 5.74) is 1.12. The summed E-state index contributed by atoms with van der Waals surface area (Å²) in [6.45, 7) is 1.79. The van der Waals surface area contributed by atoms with Gasteiger partial charge in [0.25, 0.3) is 5.69 Å². The van der Waals surface area contributed by atoms with Crippen molar-refractivity contribution in [2.45, 2.75) is 19.8 Å². The second kappa shape index (κ2) is 9.61. The van der Waals surface area contributed by atoms with E-state index in [1.165, 1.54) is 24.3 Å². The molecule has 0 unspecified atom stereocenters. The minimum atomic E-state index is -3.16. The highest BCUT2D eigenvalue weighted by Gasteiger charge is 2.23. The van der Waals surface area contributed by atoms with Crippen molar-refractivity contribution in [3.8, 4) is 11.1 Å². The minimum absolute atomic E-state index is 0.0138. The lowest BCUT2D eigenvalue weighted by Gasteiger charge is -2.09. The Morgan fingerprint density at radius 3 is 2.45 bits per heavy atom. The Labute approximate surface area is 171 Å². The van der Waals surface area contributed by atoms with Crippen LogP contribution in [0.1, 0.15) is 30.1 Å². The molecule has 2 rings (SSSR count). The van der Waals surface area contributed by atoms with Crippen LogP contribution >= 0.6 is 11.3 Å². The number of esters is 1. The average Bonchev–Trinajstić information content (AvgIpc) is 3.04. The van der Waals surface area contributed by atoms with E-state index < -0.39 is 26.6 Å². The summed E-state index contributed by atoms with van der Waals surface area (Å²) in [6, 6.07) is 5.68. The highest BCUT2D eigenvalue weighted by atomic mass is 32.2. The maximum absolute atomic E-state index is 12.5. The highest BCUT2D eigenvalue weighted by Crippen LogP contribution is 2.37. The van der Waals surface area contributed by atoms with Crippen LogP contribution in [-0.4, -0.2) is 43.8 Å². The van der Waals surface area contributed by atoms with Crippen LogP contribution in [0, 0.1) is 10.1 Å². The Hall–Kier alpha value is -2.79. The lowest BCUT2D eigenvalue weighted by molar-refractivity contribution is -0.384. The lowest BCUT2D eigenvalue weighted by atomic mass is 10.0. The summed E-state index contributed by atoms with van der Waals surface area (Å²) >= 11 is 1.12. The standard InChI is InChI=1S/C18H20N2O7S2/c1-3-27-18(22)16-14(12-6-8-13(9-7-12)20(23)24)11-28-17(16)19-15(21)5-4-10-29(2,25)26/h6-9,11H,3-5,10H2,1-2H3,(H,19,21). The zero-order valence-electron chi connectivity index (χ0n) is 15.8. The molecule has 0 bridgehead atoms. The number of hydrogen-bond acceptors (Lipinski definition) is 8. The first kappa shape index (κ1) is 22.5. The van der Waals surface area contributed by atoms with E-state index in [4.69, 9.17) is 4.74 Å². The molecule has 0 aliphatic carbocycles. The van der Waals surface area contributed by atoms with E-state index in [-0.39, 0.29) is 41.5 Å². The molecule has 0 aliphatic rings. The molecule has 0 atom stereocenters. The third-order valence-corrected chi connectivity index (χ3v) is 5.76.